The maximum atomic E-state index is 10.8. The fraction of sp³-hybridized carbons (Fsp3) is 0.500. The summed E-state index contributed by atoms with van der Waals surface area (Å²) in [5.41, 5.74) is 10.1. The van der Waals surface area contributed by atoms with Gasteiger partial charge in [0.1, 0.15) is 11.5 Å². The second-order valence-electron chi connectivity index (χ2n) is 7.30. The van der Waals surface area contributed by atoms with Crippen LogP contribution in [0, 0.1) is 0 Å². The van der Waals surface area contributed by atoms with E-state index < -0.39 is 0 Å². The van der Waals surface area contributed by atoms with Gasteiger partial charge in [0.25, 0.3) is 0 Å². The average Bonchev–Trinajstić information content (AvgIpc) is 2.60. The minimum absolute atomic E-state index is 0.0263. The van der Waals surface area contributed by atoms with Crippen LogP contribution in [0.2, 0.25) is 0 Å². The van der Waals surface area contributed by atoms with Gasteiger partial charge in [-0.15, -0.1) is 0 Å². The first-order valence-electron chi connectivity index (χ1n) is 9.71. The number of amidine groups is 1. The molecule has 5 nitrogen and oxygen atoms in total. The topological polar surface area (TPSA) is 105 Å². The van der Waals surface area contributed by atoms with Crippen LogP contribution in [-0.4, -0.2) is 16.0 Å². The van der Waals surface area contributed by atoms with Gasteiger partial charge >= 0.3 is 0 Å². The van der Waals surface area contributed by atoms with Crippen molar-refractivity contribution in [2.45, 2.75) is 72.6 Å². The van der Waals surface area contributed by atoms with E-state index in [1.54, 1.807) is 6.07 Å². The van der Waals surface area contributed by atoms with Crippen LogP contribution >= 0.6 is 0 Å². The van der Waals surface area contributed by atoms with E-state index in [4.69, 9.17) is 11.6 Å². The third-order valence-electron chi connectivity index (χ3n) is 4.65. The highest BCUT2D eigenvalue weighted by Crippen LogP contribution is 2.35. The summed E-state index contributed by atoms with van der Waals surface area (Å²) in [4.78, 5) is 0. The number of rotatable bonds is 10. The minimum Gasteiger partial charge on any atom is -0.508 e. The van der Waals surface area contributed by atoms with Gasteiger partial charge in [-0.2, -0.15) is 5.10 Å². The monoisotopic (exact) mass is 373 g/mol. The van der Waals surface area contributed by atoms with E-state index in [0.29, 0.717) is 24.0 Å². The Kier molecular flexibility index (Phi) is 9.48. The molecule has 0 atom stereocenters. The molecular formula is C22H35N3O2. The molecule has 0 aliphatic rings. The number of hydrazone groups is 1. The molecule has 0 radical (unpaired) electrons. The first kappa shape index (κ1) is 22.6. The number of phenols is 2. The molecule has 0 aliphatic carbocycles. The molecule has 0 heterocycles. The van der Waals surface area contributed by atoms with Crippen molar-refractivity contribution in [1.29, 1.82) is 0 Å². The summed E-state index contributed by atoms with van der Waals surface area (Å²) in [7, 11) is 0. The third kappa shape index (κ3) is 7.00. The Morgan fingerprint density at radius 2 is 1.85 bits per heavy atom. The average molecular weight is 374 g/mol. The lowest BCUT2D eigenvalue weighted by atomic mass is 9.94. The van der Waals surface area contributed by atoms with Crippen molar-refractivity contribution >= 4 is 5.84 Å². The summed E-state index contributed by atoms with van der Waals surface area (Å²) < 4.78 is 0. The molecule has 0 unspecified atom stereocenters. The standard InChI is InChI=1S/C22H35N3O2/c1-5-6-7-11-17-14-19(26)18(21(27)20(17)22(23)25-24)13-12-16(4)10-8-9-15(2)3/h9,12,14,26-27H,5-8,10-11,13,24H2,1-4H3,(H2,23,25)/b16-12+. The molecule has 0 amide bonds. The van der Waals surface area contributed by atoms with Crippen LogP contribution in [0.5, 0.6) is 11.5 Å². The lowest BCUT2D eigenvalue weighted by Gasteiger charge is -2.16. The van der Waals surface area contributed by atoms with Gasteiger partial charge in [-0.3, -0.25) is 0 Å². The molecule has 5 heteroatoms. The first-order valence-corrected chi connectivity index (χ1v) is 9.71. The molecule has 0 spiro atoms. The zero-order chi connectivity index (χ0) is 20.4. The van der Waals surface area contributed by atoms with Crippen molar-refractivity contribution in [3.63, 3.8) is 0 Å². The van der Waals surface area contributed by atoms with E-state index >= 15 is 0 Å². The zero-order valence-electron chi connectivity index (χ0n) is 17.2. The summed E-state index contributed by atoms with van der Waals surface area (Å²) in [5, 5.41) is 24.8. The predicted octanol–water partition coefficient (Wildman–Crippen LogP) is 4.64. The van der Waals surface area contributed by atoms with Gasteiger partial charge in [0.2, 0.25) is 0 Å². The van der Waals surface area contributed by atoms with Crippen LogP contribution in [0.4, 0.5) is 0 Å². The van der Waals surface area contributed by atoms with Crippen LogP contribution in [0.1, 0.15) is 76.5 Å². The molecule has 0 aliphatic heterocycles. The minimum atomic E-state index is -0.0263. The SMILES string of the molecule is CCCCCc1cc(O)c(C/C=C(\C)CCC=C(C)C)c(O)c1/C(N)=N/N. The summed E-state index contributed by atoms with van der Waals surface area (Å²) >= 11 is 0. The number of benzene rings is 1. The quantitative estimate of drug-likeness (QED) is 0.120. The number of nitrogens with two attached hydrogens (primary N) is 2. The molecule has 0 aromatic heterocycles. The molecule has 27 heavy (non-hydrogen) atoms. The predicted molar refractivity (Wildman–Crippen MR) is 114 cm³/mol. The summed E-state index contributed by atoms with van der Waals surface area (Å²) in [6, 6.07) is 1.68. The van der Waals surface area contributed by atoms with Gasteiger partial charge in [0.05, 0.1) is 5.56 Å². The molecule has 6 N–H and O–H groups in total. The molecule has 1 rings (SSSR count). The Hall–Kier alpha value is -2.43. The van der Waals surface area contributed by atoms with Gasteiger partial charge in [-0.25, -0.2) is 0 Å². The molecule has 0 saturated heterocycles. The largest absolute Gasteiger partial charge is 0.508 e. The van der Waals surface area contributed by atoms with E-state index in [-0.39, 0.29) is 17.3 Å². The normalized spacial score (nSPS) is 12.3. The highest BCUT2D eigenvalue weighted by atomic mass is 16.3. The third-order valence-corrected chi connectivity index (χ3v) is 4.65. The molecule has 1 aromatic rings. The van der Waals surface area contributed by atoms with E-state index in [0.717, 1.165) is 37.7 Å². The van der Waals surface area contributed by atoms with Crippen LogP contribution in [-0.2, 0) is 12.8 Å². The smallest absolute Gasteiger partial charge is 0.154 e. The van der Waals surface area contributed by atoms with Crippen molar-refractivity contribution < 1.29 is 10.2 Å². The van der Waals surface area contributed by atoms with Crippen LogP contribution in [0.3, 0.4) is 0 Å². The Morgan fingerprint density at radius 3 is 2.44 bits per heavy atom. The summed E-state index contributed by atoms with van der Waals surface area (Å²) in [6.45, 7) is 8.35. The fourth-order valence-corrected chi connectivity index (χ4v) is 3.03. The Morgan fingerprint density at radius 1 is 1.15 bits per heavy atom. The van der Waals surface area contributed by atoms with Gasteiger partial charge in [-0.1, -0.05) is 43.1 Å². The van der Waals surface area contributed by atoms with Gasteiger partial charge in [-0.05, 0) is 64.5 Å². The zero-order valence-corrected chi connectivity index (χ0v) is 17.2. The van der Waals surface area contributed by atoms with Crippen LogP contribution in [0.15, 0.2) is 34.5 Å². The Balaban J connectivity index is 3.12. The van der Waals surface area contributed by atoms with Gasteiger partial charge in [0, 0.05) is 5.56 Å². The number of phenolic OH excluding ortho intramolecular Hbond substituents is 2. The number of allylic oxidation sites excluding steroid dienone is 4. The lowest BCUT2D eigenvalue weighted by Crippen LogP contribution is -2.18. The van der Waals surface area contributed by atoms with Crippen molar-refractivity contribution in [2.75, 3.05) is 0 Å². The second kappa shape index (κ2) is 11.3. The number of aryl methyl sites for hydroxylation is 1. The van der Waals surface area contributed by atoms with Crippen LogP contribution < -0.4 is 11.6 Å². The van der Waals surface area contributed by atoms with Gasteiger partial charge < -0.3 is 21.8 Å². The summed E-state index contributed by atoms with van der Waals surface area (Å²) in [5.74, 6) is 5.50. The van der Waals surface area contributed by atoms with E-state index in [1.165, 1.54) is 11.1 Å². The van der Waals surface area contributed by atoms with Crippen molar-refractivity contribution in [2.24, 2.45) is 16.7 Å². The molecular weight excluding hydrogens is 338 g/mol. The number of unbranched alkanes of at least 4 members (excludes halogenated alkanes) is 2. The highest BCUT2D eigenvalue weighted by molar-refractivity contribution is 6.01. The summed E-state index contributed by atoms with van der Waals surface area (Å²) in [6.07, 6.45) is 10.4. The van der Waals surface area contributed by atoms with Crippen LogP contribution in [0.25, 0.3) is 0 Å². The maximum Gasteiger partial charge on any atom is 0.154 e. The van der Waals surface area contributed by atoms with Gasteiger partial charge in [0.15, 0.2) is 5.84 Å². The lowest BCUT2D eigenvalue weighted by molar-refractivity contribution is 0.438. The van der Waals surface area contributed by atoms with E-state index in [1.807, 2.05) is 6.08 Å². The molecule has 150 valence electrons. The fourth-order valence-electron chi connectivity index (χ4n) is 3.03. The molecule has 0 bridgehead atoms. The van der Waals surface area contributed by atoms with Crippen molar-refractivity contribution in [3.05, 3.63) is 46.1 Å². The number of aromatic hydroxyl groups is 2. The van der Waals surface area contributed by atoms with E-state index in [9.17, 15) is 10.2 Å². The van der Waals surface area contributed by atoms with Crippen molar-refractivity contribution in [1.82, 2.24) is 0 Å². The highest BCUT2D eigenvalue weighted by Gasteiger charge is 2.19. The molecule has 1 aromatic carbocycles. The second-order valence-corrected chi connectivity index (χ2v) is 7.30. The van der Waals surface area contributed by atoms with Crippen molar-refractivity contribution in [3.8, 4) is 11.5 Å². The first-order chi connectivity index (χ1) is 12.8. The molecule has 0 saturated carbocycles. The number of hydrogen-bond donors (Lipinski definition) is 4. The molecule has 0 fully saturated rings. The maximum absolute atomic E-state index is 10.8. The van der Waals surface area contributed by atoms with E-state index in [2.05, 4.69) is 38.9 Å². The Labute approximate surface area is 163 Å². The number of hydrogen-bond acceptors (Lipinski definition) is 4. The number of nitrogens with zero attached hydrogens (tertiary/aromatic N) is 1. The Bertz CT molecular complexity index is 715.